The number of hydrogen-bond donors (Lipinski definition) is 0. The van der Waals surface area contributed by atoms with Crippen LogP contribution in [0.25, 0.3) is 0 Å². The van der Waals surface area contributed by atoms with Gasteiger partial charge in [-0.15, -0.1) is 0 Å². The summed E-state index contributed by atoms with van der Waals surface area (Å²) in [4.78, 5) is 15.0. The van der Waals surface area contributed by atoms with Crippen molar-refractivity contribution in [2.75, 3.05) is 13.2 Å². The van der Waals surface area contributed by atoms with Gasteiger partial charge in [-0.05, 0) is 50.0 Å². The molecular formula is C22H31NO3. The fourth-order valence-corrected chi connectivity index (χ4v) is 5.67. The van der Waals surface area contributed by atoms with E-state index in [1.54, 1.807) is 0 Å². The van der Waals surface area contributed by atoms with Crippen molar-refractivity contribution in [1.29, 1.82) is 0 Å². The third-order valence-electron chi connectivity index (χ3n) is 6.14. The number of ether oxygens (including phenoxy) is 2. The number of carbonyl (C=O) groups is 1. The van der Waals surface area contributed by atoms with Crippen LogP contribution in [0.5, 0.6) is 11.5 Å². The minimum atomic E-state index is -0.210. The van der Waals surface area contributed by atoms with Crippen LogP contribution in [-0.2, 0) is 11.2 Å². The summed E-state index contributed by atoms with van der Waals surface area (Å²) >= 11 is 0. The first kappa shape index (κ1) is 17.7. The number of benzene rings is 1. The Morgan fingerprint density at radius 2 is 2.00 bits per heavy atom. The molecule has 2 heterocycles. The maximum absolute atomic E-state index is 12.9. The number of para-hydroxylation sites is 1. The summed E-state index contributed by atoms with van der Waals surface area (Å²) in [6.07, 6.45) is 4.28. The summed E-state index contributed by atoms with van der Waals surface area (Å²) in [5.41, 5.74) is 1.51. The molecule has 2 bridgehead atoms. The Morgan fingerprint density at radius 1 is 1.23 bits per heavy atom. The molecule has 4 nitrogen and oxygen atoms in total. The monoisotopic (exact) mass is 357 g/mol. The quantitative estimate of drug-likeness (QED) is 0.813. The van der Waals surface area contributed by atoms with E-state index >= 15 is 0 Å². The van der Waals surface area contributed by atoms with Crippen molar-refractivity contribution < 1.29 is 14.3 Å². The lowest BCUT2D eigenvalue weighted by Crippen LogP contribution is -2.40. The molecule has 1 aromatic rings. The van der Waals surface area contributed by atoms with E-state index in [0.29, 0.717) is 17.2 Å². The second kappa shape index (κ2) is 5.64. The summed E-state index contributed by atoms with van der Waals surface area (Å²) in [5.74, 6) is 1.60. The maximum atomic E-state index is 12.9. The van der Waals surface area contributed by atoms with Gasteiger partial charge in [0.25, 0.3) is 5.91 Å². The largest absolute Gasteiger partial charge is 0.483 e. The lowest BCUT2D eigenvalue weighted by molar-refractivity contribution is -0.134. The molecule has 26 heavy (non-hydrogen) atoms. The molecule has 4 heteroatoms. The highest BCUT2D eigenvalue weighted by Crippen LogP contribution is 2.52. The molecule has 0 spiro atoms. The highest BCUT2D eigenvalue weighted by molar-refractivity contribution is 5.78. The van der Waals surface area contributed by atoms with E-state index in [4.69, 9.17) is 9.47 Å². The zero-order chi connectivity index (χ0) is 18.7. The molecule has 142 valence electrons. The fraction of sp³-hybridized carbons (Fsp3) is 0.682. The Labute approximate surface area is 156 Å². The predicted octanol–water partition coefficient (Wildman–Crippen LogP) is 4.21. The third kappa shape index (κ3) is 3.19. The van der Waals surface area contributed by atoms with E-state index in [9.17, 15) is 4.79 Å². The minimum Gasteiger partial charge on any atom is -0.483 e. The molecule has 1 amide bonds. The molecule has 1 aliphatic carbocycles. The molecule has 1 saturated carbocycles. The molecule has 0 aromatic heterocycles. The summed E-state index contributed by atoms with van der Waals surface area (Å²) in [7, 11) is 0. The third-order valence-corrected chi connectivity index (χ3v) is 6.14. The van der Waals surface area contributed by atoms with Crippen LogP contribution in [0.15, 0.2) is 18.2 Å². The lowest BCUT2D eigenvalue weighted by atomic mass is 9.65. The van der Waals surface area contributed by atoms with Crippen LogP contribution in [0.2, 0.25) is 0 Å². The number of rotatable bonds is 3. The minimum absolute atomic E-state index is 0.0905. The number of carbonyl (C=O) groups excluding carboxylic acids is 1. The standard InChI is InChI=1S/C22H31NO3/c1-20(2)10-16-11-22(5,13-20)14-23(16)18(24)12-25-17-8-6-7-15-9-21(3,4)26-19(15)17/h6-8,16H,9-14H2,1-5H3/t16-,22-/m0/s1. The molecule has 2 atom stereocenters. The van der Waals surface area contributed by atoms with Crippen molar-refractivity contribution in [3.8, 4) is 11.5 Å². The molecule has 0 unspecified atom stereocenters. The second-order valence-corrected chi connectivity index (χ2v) is 10.3. The van der Waals surface area contributed by atoms with Gasteiger partial charge in [0.2, 0.25) is 0 Å². The van der Waals surface area contributed by atoms with Crippen molar-refractivity contribution in [3.05, 3.63) is 23.8 Å². The van der Waals surface area contributed by atoms with Crippen LogP contribution >= 0.6 is 0 Å². The van der Waals surface area contributed by atoms with Crippen LogP contribution in [0.1, 0.15) is 59.4 Å². The number of fused-ring (bicyclic) bond motifs is 3. The number of hydrogen-bond acceptors (Lipinski definition) is 3. The van der Waals surface area contributed by atoms with Crippen molar-refractivity contribution in [2.45, 2.75) is 71.9 Å². The van der Waals surface area contributed by atoms with E-state index in [0.717, 1.165) is 37.1 Å². The van der Waals surface area contributed by atoms with Gasteiger partial charge >= 0.3 is 0 Å². The van der Waals surface area contributed by atoms with Gasteiger partial charge in [0, 0.05) is 24.6 Å². The Kier molecular flexibility index (Phi) is 3.84. The molecule has 1 aromatic carbocycles. The predicted molar refractivity (Wildman–Crippen MR) is 102 cm³/mol. The number of amides is 1. The molecule has 1 saturated heterocycles. The molecule has 0 radical (unpaired) electrons. The summed E-state index contributed by atoms with van der Waals surface area (Å²) in [5, 5.41) is 0. The van der Waals surface area contributed by atoms with Gasteiger partial charge in [-0.25, -0.2) is 0 Å². The molecule has 2 fully saturated rings. The normalized spacial score (nSPS) is 30.7. The molecule has 3 aliphatic rings. The van der Waals surface area contributed by atoms with Gasteiger partial charge in [-0.3, -0.25) is 4.79 Å². The Bertz CT molecular complexity index is 739. The average Bonchev–Trinajstić information content (AvgIpc) is 2.95. The Hall–Kier alpha value is -1.71. The summed E-state index contributed by atoms with van der Waals surface area (Å²) < 4.78 is 12.0. The molecule has 2 aliphatic heterocycles. The first-order valence-electron chi connectivity index (χ1n) is 9.79. The Balaban J connectivity index is 1.44. The van der Waals surface area contributed by atoms with Crippen LogP contribution < -0.4 is 9.47 Å². The van der Waals surface area contributed by atoms with Gasteiger partial charge < -0.3 is 14.4 Å². The smallest absolute Gasteiger partial charge is 0.260 e. The highest BCUT2D eigenvalue weighted by Gasteiger charge is 2.50. The van der Waals surface area contributed by atoms with E-state index < -0.39 is 0 Å². The zero-order valence-corrected chi connectivity index (χ0v) is 16.7. The van der Waals surface area contributed by atoms with Crippen LogP contribution in [0.3, 0.4) is 0 Å². The number of likely N-dealkylation sites (tertiary alicyclic amines) is 1. The van der Waals surface area contributed by atoms with Gasteiger partial charge in [-0.1, -0.05) is 32.9 Å². The van der Waals surface area contributed by atoms with E-state index in [1.807, 2.05) is 12.1 Å². The van der Waals surface area contributed by atoms with Crippen LogP contribution in [-0.4, -0.2) is 35.6 Å². The van der Waals surface area contributed by atoms with Gasteiger partial charge in [-0.2, -0.15) is 0 Å². The first-order valence-corrected chi connectivity index (χ1v) is 9.79. The Morgan fingerprint density at radius 3 is 2.77 bits per heavy atom. The van der Waals surface area contributed by atoms with E-state index in [2.05, 4.69) is 45.6 Å². The molecule has 0 N–H and O–H groups in total. The van der Waals surface area contributed by atoms with Crippen LogP contribution in [0.4, 0.5) is 0 Å². The highest BCUT2D eigenvalue weighted by atomic mass is 16.5. The summed E-state index contributed by atoms with van der Waals surface area (Å²) in [6, 6.07) is 6.32. The lowest BCUT2D eigenvalue weighted by Gasteiger charge is -2.39. The fourth-order valence-electron chi connectivity index (χ4n) is 5.67. The summed E-state index contributed by atoms with van der Waals surface area (Å²) in [6.45, 7) is 12.1. The SMILES string of the molecule is CC1(C)C[C@H]2C[C@](C)(CN2C(=O)COc2cccc3c2OC(C)(C)C3)C1. The number of nitrogens with zero attached hydrogens (tertiary/aromatic N) is 1. The average molecular weight is 357 g/mol. The van der Waals surface area contributed by atoms with E-state index in [1.165, 1.54) is 6.42 Å². The van der Waals surface area contributed by atoms with Crippen molar-refractivity contribution in [1.82, 2.24) is 4.90 Å². The van der Waals surface area contributed by atoms with Crippen LogP contribution in [0, 0.1) is 10.8 Å². The molecular weight excluding hydrogens is 326 g/mol. The molecule has 4 rings (SSSR count). The van der Waals surface area contributed by atoms with Gasteiger partial charge in [0.15, 0.2) is 18.1 Å². The van der Waals surface area contributed by atoms with Crippen molar-refractivity contribution >= 4 is 5.91 Å². The van der Waals surface area contributed by atoms with E-state index in [-0.39, 0.29) is 23.5 Å². The van der Waals surface area contributed by atoms with Crippen molar-refractivity contribution in [3.63, 3.8) is 0 Å². The van der Waals surface area contributed by atoms with Gasteiger partial charge in [0.05, 0.1) is 0 Å². The first-order chi connectivity index (χ1) is 12.1. The van der Waals surface area contributed by atoms with Crippen molar-refractivity contribution in [2.24, 2.45) is 10.8 Å². The zero-order valence-electron chi connectivity index (χ0n) is 16.7. The second-order valence-electron chi connectivity index (χ2n) is 10.3. The topological polar surface area (TPSA) is 38.8 Å². The maximum Gasteiger partial charge on any atom is 0.260 e. The van der Waals surface area contributed by atoms with Gasteiger partial charge in [0.1, 0.15) is 5.60 Å².